The van der Waals surface area contributed by atoms with Crippen LogP contribution in [0.1, 0.15) is 11.6 Å². The lowest BCUT2D eigenvalue weighted by atomic mass is 9.98. The molecule has 1 heterocycles. The van der Waals surface area contributed by atoms with E-state index in [4.69, 9.17) is 9.73 Å². The van der Waals surface area contributed by atoms with Gasteiger partial charge in [-0.2, -0.15) is 0 Å². The molecule has 0 N–H and O–H groups in total. The molecular formula is C17H19NO. The summed E-state index contributed by atoms with van der Waals surface area (Å²) in [5, 5.41) is 0. The van der Waals surface area contributed by atoms with Crippen molar-refractivity contribution in [1.29, 1.82) is 0 Å². The Kier molecular flexibility index (Phi) is 4.87. The number of ether oxygens (including phenoxy) is 1. The molecule has 19 heavy (non-hydrogen) atoms. The summed E-state index contributed by atoms with van der Waals surface area (Å²) in [5.41, 5.74) is 2.21. The summed E-state index contributed by atoms with van der Waals surface area (Å²) in [6.07, 6.45) is 7.57. The molecule has 0 spiro atoms. The fourth-order valence-electron chi connectivity index (χ4n) is 1.95. The van der Waals surface area contributed by atoms with Crippen molar-refractivity contribution in [2.75, 3.05) is 13.2 Å². The van der Waals surface area contributed by atoms with Crippen molar-refractivity contribution >= 4 is 6.21 Å². The van der Waals surface area contributed by atoms with Gasteiger partial charge in [0.15, 0.2) is 0 Å². The van der Waals surface area contributed by atoms with Crippen molar-refractivity contribution in [3.63, 3.8) is 0 Å². The van der Waals surface area contributed by atoms with Crippen molar-refractivity contribution in [1.82, 2.24) is 0 Å². The largest absolute Gasteiger partial charge is 0.380 e. The van der Waals surface area contributed by atoms with Crippen LogP contribution in [0.3, 0.4) is 0 Å². The maximum absolute atomic E-state index is 5.16. The lowest BCUT2D eigenvalue weighted by molar-refractivity contribution is 0.00397. The molecule has 0 amide bonds. The monoisotopic (exact) mass is 253 g/mol. The molecule has 0 saturated carbocycles. The minimum absolute atomic E-state index is 0.0164. The standard InChI is InChI=1S/C17H19NO/c1-3-8-15(4-2)17(16-9-6-5-7-10-16)18-11-14-12-19-13-14/h3-11,14,17H,1-2,12-13H2/b15-8+,18-11?. The van der Waals surface area contributed by atoms with Crippen LogP contribution in [0, 0.1) is 5.92 Å². The molecule has 0 aromatic heterocycles. The van der Waals surface area contributed by atoms with E-state index in [9.17, 15) is 0 Å². The van der Waals surface area contributed by atoms with E-state index in [0.29, 0.717) is 5.92 Å². The normalized spacial score (nSPS) is 18.0. The molecule has 1 aromatic rings. The quantitative estimate of drug-likeness (QED) is 0.559. The predicted molar refractivity (Wildman–Crippen MR) is 80.5 cm³/mol. The van der Waals surface area contributed by atoms with Gasteiger partial charge in [-0.3, -0.25) is 4.99 Å². The second-order valence-corrected chi connectivity index (χ2v) is 4.52. The molecular weight excluding hydrogens is 234 g/mol. The third-order valence-corrected chi connectivity index (χ3v) is 3.09. The second kappa shape index (κ2) is 6.86. The summed E-state index contributed by atoms with van der Waals surface area (Å²) in [6, 6.07) is 10.2. The van der Waals surface area contributed by atoms with Gasteiger partial charge < -0.3 is 4.74 Å². The lowest BCUT2D eigenvalue weighted by Crippen LogP contribution is -2.28. The van der Waals surface area contributed by atoms with E-state index in [2.05, 4.69) is 25.3 Å². The average molecular weight is 253 g/mol. The summed E-state index contributed by atoms with van der Waals surface area (Å²) >= 11 is 0. The van der Waals surface area contributed by atoms with Gasteiger partial charge in [0.05, 0.1) is 19.3 Å². The van der Waals surface area contributed by atoms with Gasteiger partial charge in [-0.25, -0.2) is 0 Å². The van der Waals surface area contributed by atoms with Crippen molar-refractivity contribution in [2.45, 2.75) is 6.04 Å². The Hall–Kier alpha value is -1.93. The van der Waals surface area contributed by atoms with Gasteiger partial charge in [0, 0.05) is 12.1 Å². The van der Waals surface area contributed by atoms with Crippen LogP contribution in [0.5, 0.6) is 0 Å². The van der Waals surface area contributed by atoms with Crippen molar-refractivity contribution < 1.29 is 4.74 Å². The van der Waals surface area contributed by atoms with E-state index < -0.39 is 0 Å². The van der Waals surface area contributed by atoms with Crippen molar-refractivity contribution in [2.24, 2.45) is 10.9 Å². The minimum Gasteiger partial charge on any atom is -0.380 e. The molecule has 98 valence electrons. The Balaban J connectivity index is 2.26. The van der Waals surface area contributed by atoms with Crippen LogP contribution in [0.2, 0.25) is 0 Å². The number of hydrogen-bond acceptors (Lipinski definition) is 2. The molecule has 0 aliphatic carbocycles. The molecule has 1 aromatic carbocycles. The summed E-state index contributed by atoms with van der Waals surface area (Å²) in [5.74, 6) is 0.445. The van der Waals surface area contributed by atoms with E-state index in [1.54, 1.807) is 6.08 Å². The molecule has 2 nitrogen and oxygen atoms in total. The van der Waals surface area contributed by atoms with Gasteiger partial charge in [0.1, 0.15) is 0 Å². The topological polar surface area (TPSA) is 21.6 Å². The molecule has 1 saturated heterocycles. The highest BCUT2D eigenvalue weighted by Gasteiger charge is 2.18. The van der Waals surface area contributed by atoms with Crippen LogP contribution in [0.15, 0.2) is 72.3 Å². The average Bonchev–Trinajstić information content (AvgIpc) is 2.41. The van der Waals surface area contributed by atoms with E-state index >= 15 is 0 Å². The Morgan fingerprint density at radius 2 is 2.00 bits per heavy atom. The first-order chi connectivity index (χ1) is 9.35. The highest BCUT2D eigenvalue weighted by atomic mass is 16.5. The number of aliphatic imine (C=N–C) groups is 1. The van der Waals surface area contributed by atoms with Gasteiger partial charge in [0.2, 0.25) is 0 Å². The molecule has 1 aliphatic rings. The van der Waals surface area contributed by atoms with Gasteiger partial charge in [-0.15, -0.1) is 0 Å². The van der Waals surface area contributed by atoms with Crippen LogP contribution in [-0.4, -0.2) is 19.4 Å². The first-order valence-corrected chi connectivity index (χ1v) is 6.46. The molecule has 1 fully saturated rings. The Morgan fingerprint density at radius 1 is 1.26 bits per heavy atom. The zero-order valence-corrected chi connectivity index (χ0v) is 11.0. The zero-order chi connectivity index (χ0) is 13.5. The van der Waals surface area contributed by atoms with Crippen LogP contribution in [0.25, 0.3) is 0 Å². The first kappa shape index (κ1) is 13.5. The molecule has 2 rings (SSSR count). The fraction of sp³-hybridized carbons (Fsp3) is 0.235. The molecule has 0 radical (unpaired) electrons. The Labute approximate surface area is 114 Å². The van der Waals surface area contributed by atoms with Gasteiger partial charge >= 0.3 is 0 Å². The highest BCUT2D eigenvalue weighted by molar-refractivity contribution is 5.63. The number of benzene rings is 1. The van der Waals surface area contributed by atoms with E-state index in [-0.39, 0.29) is 6.04 Å². The smallest absolute Gasteiger partial charge is 0.0995 e. The highest BCUT2D eigenvalue weighted by Crippen LogP contribution is 2.27. The minimum atomic E-state index is -0.0164. The fourth-order valence-corrected chi connectivity index (χ4v) is 1.95. The Morgan fingerprint density at radius 3 is 2.53 bits per heavy atom. The van der Waals surface area contributed by atoms with Gasteiger partial charge in [0.25, 0.3) is 0 Å². The summed E-state index contributed by atoms with van der Waals surface area (Å²) in [6.45, 7) is 9.18. The number of rotatable bonds is 6. The van der Waals surface area contributed by atoms with E-state index in [0.717, 1.165) is 24.4 Å². The zero-order valence-electron chi connectivity index (χ0n) is 11.0. The third kappa shape index (κ3) is 3.52. The Bertz CT molecular complexity index is 483. The summed E-state index contributed by atoms with van der Waals surface area (Å²) in [4.78, 5) is 4.71. The maximum Gasteiger partial charge on any atom is 0.0995 e. The molecule has 1 aliphatic heterocycles. The lowest BCUT2D eigenvalue weighted by Gasteiger charge is -2.23. The van der Waals surface area contributed by atoms with E-state index in [1.165, 1.54) is 0 Å². The first-order valence-electron chi connectivity index (χ1n) is 6.46. The van der Waals surface area contributed by atoms with Crippen LogP contribution >= 0.6 is 0 Å². The number of hydrogen-bond donors (Lipinski definition) is 0. The van der Waals surface area contributed by atoms with Crippen LogP contribution in [0.4, 0.5) is 0 Å². The SMILES string of the molecule is C=C/C=C(\C=C)C(N=CC1COC1)c1ccccc1. The molecule has 0 bridgehead atoms. The number of allylic oxidation sites excluding steroid dienone is 2. The van der Waals surface area contributed by atoms with E-state index in [1.807, 2.05) is 36.6 Å². The molecule has 1 unspecified atom stereocenters. The maximum atomic E-state index is 5.16. The number of nitrogens with zero attached hydrogens (tertiary/aromatic N) is 1. The molecule has 1 atom stereocenters. The summed E-state index contributed by atoms with van der Waals surface area (Å²) in [7, 11) is 0. The second-order valence-electron chi connectivity index (χ2n) is 4.52. The van der Waals surface area contributed by atoms with Crippen molar-refractivity contribution in [3.8, 4) is 0 Å². The van der Waals surface area contributed by atoms with Crippen LogP contribution < -0.4 is 0 Å². The predicted octanol–water partition coefficient (Wildman–Crippen LogP) is 3.74. The van der Waals surface area contributed by atoms with Crippen molar-refractivity contribution in [3.05, 3.63) is 72.9 Å². The van der Waals surface area contributed by atoms with Gasteiger partial charge in [-0.05, 0) is 11.1 Å². The van der Waals surface area contributed by atoms with Crippen LogP contribution in [-0.2, 0) is 4.74 Å². The third-order valence-electron chi connectivity index (χ3n) is 3.09. The summed E-state index contributed by atoms with van der Waals surface area (Å²) < 4.78 is 5.16. The van der Waals surface area contributed by atoms with Gasteiger partial charge in [-0.1, -0.05) is 61.7 Å². The molecule has 2 heteroatoms.